The van der Waals surface area contributed by atoms with E-state index < -0.39 is 11.6 Å². The highest BCUT2D eigenvalue weighted by Crippen LogP contribution is 2.53. The van der Waals surface area contributed by atoms with Crippen LogP contribution in [0.1, 0.15) is 84.3 Å². The standard InChI is InChI=1S/C48H52N10O4/c1-7-39-28(2)20-37(21-29(39)3)58-44(56-17-16-55(47(56)61)36-9-11-41-35(24-36)26-50-53(41)6)43-31(5)54(15-12-40(43)52-58)27-38-23-34-22-33(32-13-18-62-19-14-32)8-10-42(34)57(38)48(25-30(48)4)45(49)51-46(59)60/h7-11,16-17,20-24,26,30-32H,1,12-15,18-19,25,27H2,2-6H3,(H2,49,51)(H,59,60)/t30-,31-,48-/m0/s1. The highest BCUT2D eigenvalue weighted by atomic mass is 16.5. The molecule has 0 radical (unpaired) electrons. The fraction of sp³-hybridized carbons (Fsp3) is 0.354. The van der Waals surface area contributed by atoms with Crippen molar-refractivity contribution in [2.24, 2.45) is 13.0 Å². The Labute approximate surface area is 359 Å². The number of aromatic nitrogens is 7. The zero-order valence-electron chi connectivity index (χ0n) is 35.9. The second-order valence-corrected chi connectivity index (χ2v) is 17.5. The van der Waals surface area contributed by atoms with Gasteiger partial charge in [-0.3, -0.25) is 29.4 Å². The van der Waals surface area contributed by atoms with Gasteiger partial charge in [0, 0.05) is 85.8 Å². The summed E-state index contributed by atoms with van der Waals surface area (Å²) < 4.78 is 15.1. The Hall–Kier alpha value is -6.51. The molecule has 2 fully saturated rings. The van der Waals surface area contributed by atoms with Crippen LogP contribution in [-0.2, 0) is 30.3 Å². The molecule has 62 heavy (non-hydrogen) atoms. The second kappa shape index (κ2) is 14.8. The Morgan fingerprint density at radius 3 is 2.44 bits per heavy atom. The van der Waals surface area contributed by atoms with Crippen LogP contribution in [0, 0.1) is 25.2 Å². The molecular formula is C48H52N10O4. The molecule has 6 heterocycles. The first-order chi connectivity index (χ1) is 29.9. The molecule has 4 aromatic heterocycles. The minimum Gasteiger partial charge on any atom is -0.465 e. The number of hydrogen-bond acceptors (Lipinski definition) is 7. The van der Waals surface area contributed by atoms with Crippen molar-refractivity contribution in [3.63, 3.8) is 0 Å². The van der Waals surface area contributed by atoms with Crippen LogP contribution < -0.4 is 11.0 Å². The summed E-state index contributed by atoms with van der Waals surface area (Å²) >= 11 is 0. The first-order valence-corrected chi connectivity index (χ1v) is 21.5. The normalized spacial score (nSPS) is 20.5. The number of imidazole rings is 1. The minimum absolute atomic E-state index is 0.0121. The van der Waals surface area contributed by atoms with Crippen LogP contribution in [0.25, 0.3) is 45.1 Å². The molecular weight excluding hydrogens is 781 g/mol. The van der Waals surface area contributed by atoms with Crippen LogP contribution in [0.5, 0.6) is 0 Å². The summed E-state index contributed by atoms with van der Waals surface area (Å²) in [5.74, 6) is 1.14. The molecule has 1 aliphatic carbocycles. The highest BCUT2D eigenvalue weighted by molar-refractivity contribution is 6.01. The number of carbonyl (C=O) groups is 1. The molecule has 1 saturated carbocycles. The van der Waals surface area contributed by atoms with Crippen molar-refractivity contribution in [1.82, 2.24) is 43.5 Å². The van der Waals surface area contributed by atoms with Crippen LogP contribution in [0.2, 0.25) is 0 Å². The summed E-state index contributed by atoms with van der Waals surface area (Å²) in [7, 11) is 1.90. The van der Waals surface area contributed by atoms with E-state index in [2.05, 4.69) is 90.6 Å². The van der Waals surface area contributed by atoms with Gasteiger partial charge in [0.15, 0.2) is 0 Å². The molecule has 1 saturated heterocycles. The van der Waals surface area contributed by atoms with Gasteiger partial charge < -0.3 is 14.4 Å². The topological polar surface area (TPSA) is 153 Å². The molecule has 3 aliphatic rings. The molecule has 0 spiro atoms. The van der Waals surface area contributed by atoms with Crippen molar-refractivity contribution in [3.05, 3.63) is 129 Å². The van der Waals surface area contributed by atoms with Crippen molar-refractivity contribution >= 4 is 39.8 Å². The van der Waals surface area contributed by atoms with Gasteiger partial charge in [-0.2, -0.15) is 10.2 Å². The SMILES string of the molecule is C=Cc1c(C)cc(-n2nc3c(c2-n2ccn(-c4ccc5c(cnn5C)c4)c2=O)[C@H](C)N(Cc2cc4cc(C5CCOCC5)ccc4n2[C@@]2(C(=N)NC(=O)O)C[C@@H]2C)CC3)cc1C. The predicted molar refractivity (Wildman–Crippen MR) is 240 cm³/mol. The highest BCUT2D eigenvalue weighted by Gasteiger charge is 2.58. The average Bonchev–Trinajstić information content (AvgIpc) is 3.66. The van der Waals surface area contributed by atoms with E-state index in [1.165, 1.54) is 5.56 Å². The van der Waals surface area contributed by atoms with Crippen LogP contribution in [0.15, 0.2) is 84.6 Å². The number of fused-ring (bicyclic) bond motifs is 3. The van der Waals surface area contributed by atoms with Crippen molar-refractivity contribution in [2.45, 2.75) is 77.4 Å². The summed E-state index contributed by atoms with van der Waals surface area (Å²) in [5, 5.41) is 33.0. The lowest BCUT2D eigenvalue weighted by atomic mass is 9.91. The Bertz CT molecular complexity index is 3010. The molecule has 14 heteroatoms. The Morgan fingerprint density at radius 2 is 1.73 bits per heavy atom. The van der Waals surface area contributed by atoms with E-state index in [0.717, 1.165) is 92.9 Å². The van der Waals surface area contributed by atoms with Gasteiger partial charge in [-0.25, -0.2) is 14.3 Å². The Balaban J connectivity index is 1.10. The summed E-state index contributed by atoms with van der Waals surface area (Å²) in [6.45, 7) is 15.2. The third kappa shape index (κ3) is 6.26. The molecule has 2 aliphatic heterocycles. The van der Waals surface area contributed by atoms with Crippen molar-refractivity contribution in [3.8, 4) is 17.2 Å². The van der Waals surface area contributed by atoms with Gasteiger partial charge in [0.1, 0.15) is 17.2 Å². The first-order valence-electron chi connectivity index (χ1n) is 21.5. The summed E-state index contributed by atoms with van der Waals surface area (Å²) in [6.07, 6.45) is 9.35. The Kier molecular flexibility index (Phi) is 9.48. The maximum absolute atomic E-state index is 14.7. The molecule has 3 atom stereocenters. The van der Waals surface area contributed by atoms with Crippen LogP contribution in [0.4, 0.5) is 4.79 Å². The molecule has 7 aromatic rings. The lowest BCUT2D eigenvalue weighted by Crippen LogP contribution is -2.43. The van der Waals surface area contributed by atoms with E-state index in [1.807, 2.05) is 59.3 Å². The fourth-order valence-electron chi connectivity index (χ4n) is 10.5. The third-order valence-electron chi connectivity index (χ3n) is 13.9. The number of amidine groups is 1. The van der Waals surface area contributed by atoms with E-state index in [-0.39, 0.29) is 23.5 Å². The Morgan fingerprint density at radius 1 is 1.00 bits per heavy atom. The fourth-order valence-corrected chi connectivity index (χ4v) is 10.5. The molecule has 3 aromatic carbocycles. The second-order valence-electron chi connectivity index (χ2n) is 17.5. The van der Waals surface area contributed by atoms with Gasteiger partial charge in [0.05, 0.1) is 28.8 Å². The maximum atomic E-state index is 14.7. The molecule has 0 bridgehead atoms. The number of ether oxygens (including phenoxy) is 1. The van der Waals surface area contributed by atoms with Gasteiger partial charge in [0.2, 0.25) is 0 Å². The number of carboxylic acid groups (broad SMARTS) is 1. The quantitative estimate of drug-likeness (QED) is 0.0988. The molecule has 14 nitrogen and oxygen atoms in total. The van der Waals surface area contributed by atoms with E-state index in [0.29, 0.717) is 37.7 Å². The zero-order valence-corrected chi connectivity index (χ0v) is 35.9. The van der Waals surface area contributed by atoms with Crippen molar-refractivity contribution < 1.29 is 14.6 Å². The third-order valence-corrected chi connectivity index (χ3v) is 13.9. The van der Waals surface area contributed by atoms with Gasteiger partial charge in [-0.1, -0.05) is 25.6 Å². The molecule has 0 unspecified atom stereocenters. The van der Waals surface area contributed by atoms with Crippen LogP contribution in [0.3, 0.4) is 0 Å². The summed E-state index contributed by atoms with van der Waals surface area (Å²) in [5.41, 5.74) is 9.93. The lowest BCUT2D eigenvalue weighted by molar-refractivity contribution is 0.0853. The number of benzene rings is 3. The molecule has 10 rings (SSSR count). The van der Waals surface area contributed by atoms with Crippen LogP contribution >= 0.6 is 0 Å². The van der Waals surface area contributed by atoms with Crippen molar-refractivity contribution in [1.29, 1.82) is 5.41 Å². The van der Waals surface area contributed by atoms with E-state index >= 15 is 0 Å². The smallest absolute Gasteiger partial charge is 0.410 e. The van der Waals surface area contributed by atoms with E-state index in [1.54, 1.807) is 9.13 Å². The van der Waals surface area contributed by atoms with Crippen molar-refractivity contribution in [2.75, 3.05) is 19.8 Å². The number of nitrogens with zero attached hydrogens (tertiary/aromatic N) is 8. The molecule has 3 N–H and O–H groups in total. The maximum Gasteiger partial charge on any atom is 0.410 e. The number of aryl methyl sites for hydroxylation is 3. The first kappa shape index (κ1) is 39.6. The zero-order chi connectivity index (χ0) is 43.2. The van der Waals surface area contributed by atoms with E-state index in [4.69, 9.17) is 15.2 Å². The van der Waals surface area contributed by atoms with Gasteiger partial charge in [0.25, 0.3) is 0 Å². The summed E-state index contributed by atoms with van der Waals surface area (Å²) in [6, 6.07) is 18.8. The van der Waals surface area contributed by atoms with Gasteiger partial charge in [-0.15, -0.1) is 0 Å². The van der Waals surface area contributed by atoms with Gasteiger partial charge in [-0.05, 0) is 123 Å². The summed E-state index contributed by atoms with van der Waals surface area (Å²) in [4.78, 5) is 29.1. The number of rotatable bonds is 9. The van der Waals surface area contributed by atoms with Gasteiger partial charge >= 0.3 is 11.8 Å². The largest absolute Gasteiger partial charge is 0.465 e. The van der Waals surface area contributed by atoms with Crippen LogP contribution in [-0.4, -0.2) is 75.0 Å². The number of hydrogen-bond donors (Lipinski definition) is 3. The van der Waals surface area contributed by atoms with E-state index in [9.17, 15) is 14.7 Å². The minimum atomic E-state index is -1.23. The monoisotopic (exact) mass is 832 g/mol. The molecule has 1 amide bonds. The lowest BCUT2D eigenvalue weighted by Gasteiger charge is -2.34. The molecule has 318 valence electrons. The predicted octanol–water partition coefficient (Wildman–Crippen LogP) is 7.91. The number of nitrogens with one attached hydrogen (secondary N) is 2. The average molecular weight is 833 g/mol. The number of amides is 1.